The molecule has 0 saturated carbocycles. The molecular weight excluding hydrogens is 206 g/mol. The highest BCUT2D eigenvalue weighted by molar-refractivity contribution is 5.70. The molecule has 0 radical (unpaired) electrons. The maximum absolute atomic E-state index is 11.2. The summed E-state index contributed by atoms with van der Waals surface area (Å²) in [6.07, 6.45) is 0.246. The summed E-state index contributed by atoms with van der Waals surface area (Å²) in [5, 5.41) is 0. The van der Waals surface area contributed by atoms with Gasteiger partial charge in [-0.25, -0.2) is 0 Å². The second kappa shape index (κ2) is 6.12. The smallest absolute Gasteiger partial charge is 0.307 e. The van der Waals surface area contributed by atoms with Gasteiger partial charge in [-0.1, -0.05) is 12.1 Å². The minimum Gasteiger partial charge on any atom is -0.497 e. The van der Waals surface area contributed by atoms with E-state index in [1.54, 1.807) is 14.0 Å². The van der Waals surface area contributed by atoms with Gasteiger partial charge in [0, 0.05) is 6.04 Å². The molecule has 0 spiro atoms. The topological polar surface area (TPSA) is 61.5 Å². The van der Waals surface area contributed by atoms with E-state index in [1.165, 1.54) is 0 Å². The third-order valence-electron chi connectivity index (χ3n) is 2.05. The fourth-order valence-corrected chi connectivity index (χ4v) is 1.21. The molecule has 2 N–H and O–H groups in total. The van der Waals surface area contributed by atoms with Crippen LogP contribution in [0.25, 0.3) is 0 Å². The van der Waals surface area contributed by atoms with Crippen molar-refractivity contribution in [2.45, 2.75) is 26.0 Å². The van der Waals surface area contributed by atoms with Crippen LogP contribution in [0.2, 0.25) is 0 Å². The number of esters is 1. The second-order valence-corrected chi connectivity index (χ2v) is 3.69. The van der Waals surface area contributed by atoms with Crippen molar-refractivity contribution in [1.82, 2.24) is 0 Å². The quantitative estimate of drug-likeness (QED) is 0.768. The van der Waals surface area contributed by atoms with Crippen LogP contribution in [0.4, 0.5) is 0 Å². The van der Waals surface area contributed by atoms with Gasteiger partial charge in [0.2, 0.25) is 0 Å². The molecule has 4 nitrogen and oxygen atoms in total. The molecule has 0 aliphatic rings. The Labute approximate surface area is 95.3 Å². The Morgan fingerprint density at radius 3 is 2.50 bits per heavy atom. The SMILES string of the molecule is COc1ccc(COC(=O)CC(C)N)cc1. The molecule has 0 aromatic heterocycles. The number of benzene rings is 1. The predicted octanol–water partition coefficient (Wildman–Crippen LogP) is 1.48. The average molecular weight is 223 g/mol. The van der Waals surface area contributed by atoms with Crippen LogP contribution in [0.1, 0.15) is 18.9 Å². The van der Waals surface area contributed by atoms with Crippen LogP contribution in [0.15, 0.2) is 24.3 Å². The van der Waals surface area contributed by atoms with Gasteiger partial charge in [0.25, 0.3) is 0 Å². The Hall–Kier alpha value is -1.55. The molecular formula is C12H17NO3. The van der Waals surface area contributed by atoms with Crippen molar-refractivity contribution < 1.29 is 14.3 Å². The molecule has 0 bridgehead atoms. The van der Waals surface area contributed by atoms with E-state index in [1.807, 2.05) is 24.3 Å². The van der Waals surface area contributed by atoms with Crippen LogP contribution >= 0.6 is 0 Å². The van der Waals surface area contributed by atoms with E-state index in [0.717, 1.165) is 11.3 Å². The van der Waals surface area contributed by atoms with Crippen molar-refractivity contribution in [1.29, 1.82) is 0 Å². The third kappa shape index (κ3) is 4.31. The largest absolute Gasteiger partial charge is 0.497 e. The molecule has 1 rings (SSSR count). The van der Waals surface area contributed by atoms with E-state index >= 15 is 0 Å². The summed E-state index contributed by atoms with van der Waals surface area (Å²) in [6, 6.07) is 7.21. The molecule has 0 aliphatic carbocycles. The Morgan fingerprint density at radius 1 is 1.38 bits per heavy atom. The standard InChI is InChI=1S/C12H17NO3/c1-9(13)7-12(14)16-8-10-3-5-11(15-2)6-4-10/h3-6,9H,7-8,13H2,1-2H3. The van der Waals surface area contributed by atoms with Crippen molar-refractivity contribution in [2.24, 2.45) is 5.73 Å². The van der Waals surface area contributed by atoms with Gasteiger partial charge >= 0.3 is 5.97 Å². The monoisotopic (exact) mass is 223 g/mol. The number of hydrogen-bond donors (Lipinski definition) is 1. The number of carbonyl (C=O) groups excluding carboxylic acids is 1. The highest BCUT2D eigenvalue weighted by Gasteiger charge is 2.06. The van der Waals surface area contributed by atoms with Crippen LogP contribution in [0.5, 0.6) is 5.75 Å². The molecule has 1 unspecified atom stereocenters. The van der Waals surface area contributed by atoms with Gasteiger partial charge < -0.3 is 15.2 Å². The summed E-state index contributed by atoms with van der Waals surface area (Å²) >= 11 is 0. The first kappa shape index (κ1) is 12.5. The Bertz CT molecular complexity index is 333. The highest BCUT2D eigenvalue weighted by atomic mass is 16.5. The molecule has 16 heavy (non-hydrogen) atoms. The van der Waals surface area contributed by atoms with Crippen LogP contribution in [-0.4, -0.2) is 19.1 Å². The fraction of sp³-hybridized carbons (Fsp3) is 0.417. The van der Waals surface area contributed by atoms with Gasteiger partial charge in [-0.3, -0.25) is 4.79 Å². The van der Waals surface area contributed by atoms with Crippen molar-refractivity contribution in [3.8, 4) is 5.75 Å². The number of ether oxygens (including phenoxy) is 2. The number of methoxy groups -OCH3 is 1. The molecule has 1 aromatic rings. The van der Waals surface area contributed by atoms with Crippen LogP contribution < -0.4 is 10.5 Å². The van der Waals surface area contributed by atoms with Gasteiger partial charge in [0.05, 0.1) is 13.5 Å². The van der Waals surface area contributed by atoms with E-state index in [-0.39, 0.29) is 25.0 Å². The van der Waals surface area contributed by atoms with Crippen molar-refractivity contribution >= 4 is 5.97 Å². The molecule has 0 aliphatic heterocycles. The van der Waals surface area contributed by atoms with Crippen LogP contribution in [0.3, 0.4) is 0 Å². The minimum absolute atomic E-state index is 0.164. The van der Waals surface area contributed by atoms with Crippen LogP contribution in [0, 0.1) is 0 Å². The minimum atomic E-state index is -0.272. The molecule has 0 amide bonds. The molecule has 0 saturated heterocycles. The van der Waals surface area contributed by atoms with Gasteiger partial charge in [-0.15, -0.1) is 0 Å². The first-order valence-electron chi connectivity index (χ1n) is 5.16. The van der Waals surface area contributed by atoms with Gasteiger partial charge in [0.1, 0.15) is 12.4 Å². The zero-order chi connectivity index (χ0) is 12.0. The number of rotatable bonds is 5. The van der Waals surface area contributed by atoms with Gasteiger partial charge in [-0.05, 0) is 24.6 Å². The second-order valence-electron chi connectivity index (χ2n) is 3.69. The van der Waals surface area contributed by atoms with E-state index in [0.29, 0.717) is 0 Å². The number of carbonyl (C=O) groups is 1. The Kier molecular flexibility index (Phi) is 4.79. The first-order valence-corrected chi connectivity index (χ1v) is 5.16. The Morgan fingerprint density at radius 2 is 2.00 bits per heavy atom. The van der Waals surface area contributed by atoms with E-state index in [2.05, 4.69) is 0 Å². The lowest BCUT2D eigenvalue weighted by Gasteiger charge is -2.07. The average Bonchev–Trinajstić information content (AvgIpc) is 2.26. The molecule has 1 aromatic carbocycles. The van der Waals surface area contributed by atoms with Crippen molar-refractivity contribution in [3.63, 3.8) is 0 Å². The summed E-state index contributed by atoms with van der Waals surface area (Å²) in [7, 11) is 1.61. The fourth-order valence-electron chi connectivity index (χ4n) is 1.21. The predicted molar refractivity (Wildman–Crippen MR) is 61.1 cm³/mol. The normalized spacial score (nSPS) is 11.9. The summed E-state index contributed by atoms with van der Waals surface area (Å²) < 4.78 is 10.1. The molecule has 0 fully saturated rings. The summed E-state index contributed by atoms with van der Waals surface area (Å²) in [4.78, 5) is 11.2. The third-order valence-corrected chi connectivity index (χ3v) is 2.05. The van der Waals surface area contributed by atoms with Crippen molar-refractivity contribution in [2.75, 3.05) is 7.11 Å². The molecule has 0 heterocycles. The molecule has 4 heteroatoms. The number of nitrogens with two attached hydrogens (primary N) is 1. The molecule has 88 valence electrons. The highest BCUT2D eigenvalue weighted by Crippen LogP contribution is 2.12. The van der Waals surface area contributed by atoms with E-state index in [9.17, 15) is 4.79 Å². The summed E-state index contributed by atoms with van der Waals surface area (Å²) in [5.41, 5.74) is 6.41. The number of hydrogen-bond acceptors (Lipinski definition) is 4. The Balaban J connectivity index is 2.39. The zero-order valence-electron chi connectivity index (χ0n) is 9.60. The molecule has 1 atom stereocenters. The van der Waals surface area contributed by atoms with E-state index in [4.69, 9.17) is 15.2 Å². The van der Waals surface area contributed by atoms with E-state index < -0.39 is 0 Å². The van der Waals surface area contributed by atoms with Crippen LogP contribution in [-0.2, 0) is 16.1 Å². The lowest BCUT2D eigenvalue weighted by molar-refractivity contribution is -0.145. The van der Waals surface area contributed by atoms with Gasteiger partial charge in [0.15, 0.2) is 0 Å². The first-order chi connectivity index (χ1) is 7.61. The lowest BCUT2D eigenvalue weighted by atomic mass is 10.2. The zero-order valence-corrected chi connectivity index (χ0v) is 9.60. The van der Waals surface area contributed by atoms with Crippen molar-refractivity contribution in [3.05, 3.63) is 29.8 Å². The lowest BCUT2D eigenvalue weighted by Crippen LogP contribution is -2.20. The maximum Gasteiger partial charge on any atom is 0.307 e. The van der Waals surface area contributed by atoms with Gasteiger partial charge in [-0.2, -0.15) is 0 Å². The maximum atomic E-state index is 11.2. The summed E-state index contributed by atoms with van der Waals surface area (Å²) in [6.45, 7) is 2.05. The summed E-state index contributed by atoms with van der Waals surface area (Å²) in [5.74, 6) is 0.511.